The molecule has 1 spiro atoms. The van der Waals surface area contributed by atoms with E-state index in [4.69, 9.17) is 9.47 Å². The van der Waals surface area contributed by atoms with E-state index in [-0.39, 0.29) is 34.6 Å². The Hall–Kier alpha value is -0.640. The second-order valence-corrected chi connectivity index (χ2v) is 10.1. The highest BCUT2D eigenvalue weighted by Gasteiger charge is 2.76. The maximum absolute atomic E-state index is 14.1. The minimum absolute atomic E-state index is 0.0807. The molecule has 5 fully saturated rings. The normalized spacial score (nSPS) is 59.2. The maximum atomic E-state index is 14.1. The van der Waals surface area contributed by atoms with E-state index >= 15 is 0 Å². The summed E-state index contributed by atoms with van der Waals surface area (Å²) in [6.07, 6.45) is 7.55. The van der Waals surface area contributed by atoms with Gasteiger partial charge in [-0.2, -0.15) is 0 Å². The molecule has 140 valence electrons. The third kappa shape index (κ3) is 1.98. The van der Waals surface area contributed by atoms with Gasteiger partial charge in [-0.1, -0.05) is 13.8 Å². The van der Waals surface area contributed by atoms with Crippen LogP contribution in [0.15, 0.2) is 0 Å². The number of carbonyl (C=O) groups is 1. The third-order valence-corrected chi connectivity index (χ3v) is 9.25. The molecule has 0 aromatic heterocycles. The molecule has 0 N–H and O–H groups in total. The summed E-state index contributed by atoms with van der Waals surface area (Å²) in [6.45, 7) is 6.29. The molecular weight excluding hydrogens is 319 g/mol. The van der Waals surface area contributed by atoms with Gasteiger partial charge < -0.3 is 9.47 Å². The number of esters is 1. The fraction of sp³-hybridized carbons (Fsp3) is 0.952. The van der Waals surface area contributed by atoms with Gasteiger partial charge in [0.25, 0.3) is 0 Å². The minimum Gasteiger partial charge on any atom is -0.462 e. The molecule has 1 saturated heterocycles. The van der Waals surface area contributed by atoms with E-state index in [1.165, 1.54) is 13.3 Å². The lowest BCUT2D eigenvalue weighted by molar-refractivity contribution is -0.159. The molecule has 1 heterocycles. The molecule has 1 aliphatic heterocycles. The van der Waals surface area contributed by atoms with Gasteiger partial charge in [0.1, 0.15) is 17.9 Å². The lowest BCUT2D eigenvalue weighted by atomic mass is 9.45. The molecule has 0 radical (unpaired) electrons. The van der Waals surface area contributed by atoms with Crippen LogP contribution in [0.4, 0.5) is 4.39 Å². The average Bonchev–Trinajstić information content (AvgIpc) is 3.14. The summed E-state index contributed by atoms with van der Waals surface area (Å²) in [4.78, 5) is 11.5. The van der Waals surface area contributed by atoms with Gasteiger partial charge >= 0.3 is 5.97 Å². The van der Waals surface area contributed by atoms with Gasteiger partial charge in [-0.25, -0.2) is 4.39 Å². The zero-order valence-electron chi connectivity index (χ0n) is 15.7. The Kier molecular flexibility index (Phi) is 3.30. The number of hydrogen-bond donors (Lipinski definition) is 0. The molecule has 4 saturated carbocycles. The van der Waals surface area contributed by atoms with E-state index in [9.17, 15) is 9.18 Å². The van der Waals surface area contributed by atoms with E-state index in [1.54, 1.807) is 0 Å². The summed E-state index contributed by atoms with van der Waals surface area (Å²) in [5, 5.41) is 0. The zero-order valence-corrected chi connectivity index (χ0v) is 15.7. The first-order valence-corrected chi connectivity index (χ1v) is 10.3. The number of hydrogen-bond acceptors (Lipinski definition) is 3. The van der Waals surface area contributed by atoms with Crippen molar-refractivity contribution < 1.29 is 18.7 Å². The predicted octanol–water partition coefficient (Wildman–Crippen LogP) is 4.43. The van der Waals surface area contributed by atoms with E-state index in [0.29, 0.717) is 30.6 Å². The van der Waals surface area contributed by atoms with E-state index in [2.05, 4.69) is 13.8 Å². The zero-order chi connectivity index (χ0) is 17.6. The van der Waals surface area contributed by atoms with Gasteiger partial charge in [0.2, 0.25) is 0 Å². The van der Waals surface area contributed by atoms with Crippen LogP contribution in [0.1, 0.15) is 72.1 Å². The number of rotatable bonds is 1. The van der Waals surface area contributed by atoms with E-state index in [1.807, 2.05) is 0 Å². The van der Waals surface area contributed by atoms with Crippen molar-refractivity contribution >= 4 is 5.97 Å². The van der Waals surface area contributed by atoms with Crippen molar-refractivity contribution in [3.63, 3.8) is 0 Å². The van der Waals surface area contributed by atoms with Gasteiger partial charge in [0.05, 0.1) is 6.10 Å². The molecule has 0 amide bonds. The van der Waals surface area contributed by atoms with Crippen molar-refractivity contribution in [3.05, 3.63) is 0 Å². The summed E-state index contributed by atoms with van der Waals surface area (Å²) >= 11 is 0. The highest BCUT2D eigenvalue weighted by Crippen LogP contribution is 2.73. The Labute approximate surface area is 150 Å². The van der Waals surface area contributed by atoms with Crippen LogP contribution in [-0.4, -0.2) is 29.9 Å². The van der Waals surface area contributed by atoms with Crippen molar-refractivity contribution in [2.45, 2.75) is 96.1 Å². The molecule has 9 atom stereocenters. The summed E-state index contributed by atoms with van der Waals surface area (Å²) in [5.74, 6) is 1.78. The average molecular weight is 350 g/mol. The molecule has 9 unspecified atom stereocenters. The van der Waals surface area contributed by atoms with Crippen LogP contribution in [0.5, 0.6) is 0 Å². The number of halogens is 1. The topological polar surface area (TPSA) is 38.8 Å². The molecule has 4 aliphatic carbocycles. The number of epoxide rings is 1. The Morgan fingerprint density at radius 1 is 1.12 bits per heavy atom. The second-order valence-electron chi connectivity index (χ2n) is 10.1. The molecular formula is C21H31FO3. The predicted molar refractivity (Wildman–Crippen MR) is 91.7 cm³/mol. The first kappa shape index (κ1) is 16.5. The molecule has 5 aliphatic rings. The van der Waals surface area contributed by atoms with Crippen LogP contribution in [0.25, 0.3) is 0 Å². The molecule has 5 rings (SSSR count). The van der Waals surface area contributed by atoms with Crippen LogP contribution in [-0.2, 0) is 14.3 Å². The molecule has 3 nitrogen and oxygen atoms in total. The number of carbonyl (C=O) groups excluding carboxylic acids is 1. The second kappa shape index (κ2) is 4.99. The Balaban J connectivity index is 1.45. The van der Waals surface area contributed by atoms with Crippen LogP contribution >= 0.6 is 0 Å². The molecule has 25 heavy (non-hydrogen) atoms. The standard InChI is InChI=1S/C21H31FO3/c1-12(23)24-17-5-4-15-14-10-18-21(25-18)11-13(22)6-9-20(21,3)16(14)7-8-19(15,17)2/h13-18H,4-11H2,1-3H3. The molecule has 4 heteroatoms. The summed E-state index contributed by atoms with van der Waals surface area (Å²) in [5.41, 5.74) is 0.104. The Morgan fingerprint density at radius 2 is 1.92 bits per heavy atom. The van der Waals surface area contributed by atoms with Gasteiger partial charge in [-0.15, -0.1) is 0 Å². The van der Waals surface area contributed by atoms with Crippen molar-refractivity contribution in [1.29, 1.82) is 0 Å². The summed E-state index contributed by atoms with van der Waals surface area (Å²) in [6, 6.07) is 0. The van der Waals surface area contributed by atoms with Gasteiger partial charge in [-0.05, 0) is 62.7 Å². The van der Waals surface area contributed by atoms with Crippen LogP contribution < -0.4 is 0 Å². The molecule has 0 aromatic rings. The quantitative estimate of drug-likeness (QED) is 0.519. The Morgan fingerprint density at radius 3 is 2.68 bits per heavy atom. The van der Waals surface area contributed by atoms with Crippen LogP contribution in [0.2, 0.25) is 0 Å². The fourth-order valence-electron chi connectivity index (χ4n) is 7.97. The number of alkyl halides is 1. The highest BCUT2D eigenvalue weighted by atomic mass is 19.1. The molecule has 0 aromatic carbocycles. The van der Waals surface area contributed by atoms with Gasteiger partial charge in [0, 0.05) is 24.2 Å². The van der Waals surface area contributed by atoms with Crippen molar-refractivity contribution in [1.82, 2.24) is 0 Å². The van der Waals surface area contributed by atoms with E-state index in [0.717, 1.165) is 32.1 Å². The maximum Gasteiger partial charge on any atom is 0.302 e. The fourth-order valence-corrected chi connectivity index (χ4v) is 7.97. The van der Waals surface area contributed by atoms with Gasteiger partial charge in [0.15, 0.2) is 0 Å². The van der Waals surface area contributed by atoms with Crippen LogP contribution in [0.3, 0.4) is 0 Å². The third-order valence-electron chi connectivity index (χ3n) is 9.25. The van der Waals surface area contributed by atoms with Crippen molar-refractivity contribution in [2.75, 3.05) is 0 Å². The lowest BCUT2D eigenvalue weighted by Crippen LogP contribution is -2.58. The summed E-state index contributed by atoms with van der Waals surface area (Å²) < 4.78 is 26.1. The first-order valence-electron chi connectivity index (χ1n) is 10.3. The van der Waals surface area contributed by atoms with Gasteiger partial charge in [-0.3, -0.25) is 4.79 Å². The highest BCUT2D eigenvalue weighted by molar-refractivity contribution is 5.66. The summed E-state index contributed by atoms with van der Waals surface area (Å²) in [7, 11) is 0. The van der Waals surface area contributed by atoms with Crippen molar-refractivity contribution in [3.8, 4) is 0 Å². The monoisotopic (exact) mass is 350 g/mol. The molecule has 0 bridgehead atoms. The largest absolute Gasteiger partial charge is 0.462 e. The van der Waals surface area contributed by atoms with Crippen LogP contribution in [0, 0.1) is 28.6 Å². The number of ether oxygens (including phenoxy) is 2. The Bertz CT molecular complexity index is 608. The number of fused-ring (bicyclic) bond motifs is 4. The van der Waals surface area contributed by atoms with E-state index < -0.39 is 6.17 Å². The first-order chi connectivity index (χ1) is 11.8. The minimum atomic E-state index is -0.677. The smallest absolute Gasteiger partial charge is 0.302 e. The SMILES string of the molecule is CC(=O)OC1CCC2C3CC4OC45CC(F)CCC5(C)C3CCC12C. The lowest BCUT2D eigenvalue weighted by Gasteiger charge is -2.58. The van der Waals surface area contributed by atoms with Crippen molar-refractivity contribution in [2.24, 2.45) is 28.6 Å².